The number of unbranched alkanes of at least 4 members (excludes halogenated alkanes) is 9. The van der Waals surface area contributed by atoms with Crippen LogP contribution in [0.15, 0.2) is 24.3 Å². The molecule has 0 aromatic heterocycles. The van der Waals surface area contributed by atoms with Gasteiger partial charge in [-0.25, -0.2) is 0 Å². The minimum absolute atomic E-state index is 0.390. The molecule has 3 nitrogen and oxygen atoms in total. The number of esters is 1. The number of carbonyl (C=O) groups excluding carboxylic acids is 1. The Morgan fingerprint density at radius 1 is 0.917 bits per heavy atom. The summed E-state index contributed by atoms with van der Waals surface area (Å²) in [6, 6.07) is 7.14. The summed E-state index contributed by atoms with van der Waals surface area (Å²) in [5, 5.41) is 0.713. The standard InChI is InChI=1S/C20H32O3Se/c1-3-4-5-6-7-8-9-10-11-14-17-24(22)19-16-13-12-15-18(19)20(21)23-2/h12-13,15-16H,3-11,14,17H2,1-2H3. The molecule has 0 aliphatic heterocycles. The average molecular weight is 399 g/mol. The normalized spacial score (nSPS) is 12.1. The summed E-state index contributed by atoms with van der Waals surface area (Å²) in [6.07, 6.45) is 12.7. The number of ether oxygens (including phenoxy) is 1. The van der Waals surface area contributed by atoms with Gasteiger partial charge in [0.1, 0.15) is 0 Å². The van der Waals surface area contributed by atoms with Crippen LogP contribution in [0.1, 0.15) is 81.5 Å². The van der Waals surface area contributed by atoms with Gasteiger partial charge < -0.3 is 0 Å². The van der Waals surface area contributed by atoms with Crippen molar-refractivity contribution in [3.05, 3.63) is 29.8 Å². The van der Waals surface area contributed by atoms with E-state index in [-0.39, 0.29) is 0 Å². The molecule has 0 radical (unpaired) electrons. The van der Waals surface area contributed by atoms with Crippen molar-refractivity contribution in [3.63, 3.8) is 0 Å². The van der Waals surface area contributed by atoms with Crippen LogP contribution in [0.5, 0.6) is 0 Å². The van der Waals surface area contributed by atoms with Crippen molar-refractivity contribution in [2.45, 2.75) is 76.5 Å². The molecule has 0 aliphatic rings. The van der Waals surface area contributed by atoms with Gasteiger partial charge in [-0.05, 0) is 0 Å². The van der Waals surface area contributed by atoms with Gasteiger partial charge in [0.2, 0.25) is 0 Å². The number of hydrogen-bond acceptors (Lipinski definition) is 3. The first kappa shape index (κ1) is 21.1. The third kappa shape index (κ3) is 8.21. The van der Waals surface area contributed by atoms with Crippen molar-refractivity contribution in [1.29, 1.82) is 0 Å². The Hall–Kier alpha value is -0.991. The summed E-state index contributed by atoms with van der Waals surface area (Å²) < 4.78 is 18.0. The third-order valence-corrected chi connectivity index (χ3v) is 7.38. The van der Waals surface area contributed by atoms with E-state index in [0.717, 1.165) is 12.8 Å². The molecule has 0 heterocycles. The van der Waals surface area contributed by atoms with Gasteiger partial charge in [0.05, 0.1) is 0 Å². The fourth-order valence-corrected chi connectivity index (χ4v) is 5.53. The molecule has 1 rings (SSSR count). The fourth-order valence-electron chi connectivity index (χ4n) is 2.77. The molecule has 0 amide bonds. The first-order valence-corrected chi connectivity index (χ1v) is 12.0. The molecule has 4 heteroatoms. The zero-order chi connectivity index (χ0) is 17.6. The van der Waals surface area contributed by atoms with E-state index < -0.39 is 19.8 Å². The number of hydrogen-bond donors (Lipinski definition) is 0. The molecule has 0 fully saturated rings. The van der Waals surface area contributed by atoms with Crippen molar-refractivity contribution in [2.24, 2.45) is 0 Å². The first-order chi connectivity index (χ1) is 11.7. The van der Waals surface area contributed by atoms with Gasteiger partial charge in [-0.15, -0.1) is 0 Å². The van der Waals surface area contributed by atoms with E-state index in [4.69, 9.17) is 4.74 Å². The quantitative estimate of drug-likeness (QED) is 0.266. The van der Waals surface area contributed by atoms with Crippen LogP contribution in [0.25, 0.3) is 0 Å². The zero-order valence-electron chi connectivity index (χ0n) is 15.2. The van der Waals surface area contributed by atoms with Gasteiger partial charge in [0.15, 0.2) is 0 Å². The molecule has 0 bridgehead atoms. The molecule has 0 saturated carbocycles. The van der Waals surface area contributed by atoms with Gasteiger partial charge in [-0.1, -0.05) is 0 Å². The molecule has 1 unspecified atom stereocenters. The molecule has 136 valence electrons. The van der Waals surface area contributed by atoms with E-state index in [0.29, 0.717) is 15.3 Å². The third-order valence-electron chi connectivity index (χ3n) is 4.22. The number of rotatable bonds is 13. The maximum atomic E-state index is 12.5. The number of carbonyl (C=O) groups is 1. The van der Waals surface area contributed by atoms with Crippen LogP contribution in [0, 0.1) is 0 Å². The molecule has 1 aromatic rings. The summed E-state index contributed by atoms with van der Waals surface area (Å²) in [6.45, 7) is 2.25. The Kier molecular flexibility index (Phi) is 11.7. The predicted molar refractivity (Wildman–Crippen MR) is 101 cm³/mol. The summed E-state index contributed by atoms with van der Waals surface area (Å²) in [5.41, 5.74) is 0.465. The Morgan fingerprint density at radius 2 is 1.46 bits per heavy atom. The van der Waals surface area contributed by atoms with Crippen LogP contribution in [0.4, 0.5) is 0 Å². The van der Waals surface area contributed by atoms with E-state index in [2.05, 4.69) is 6.92 Å². The molecule has 1 atom stereocenters. The Bertz CT molecular complexity index is 499. The van der Waals surface area contributed by atoms with Gasteiger partial charge in [0, 0.05) is 0 Å². The molecule has 0 aliphatic carbocycles. The van der Waals surface area contributed by atoms with Gasteiger partial charge in [0.25, 0.3) is 0 Å². The van der Waals surface area contributed by atoms with E-state index >= 15 is 0 Å². The fraction of sp³-hybridized carbons (Fsp3) is 0.650. The van der Waals surface area contributed by atoms with Crippen molar-refractivity contribution >= 4 is 24.3 Å². The Labute approximate surface area is 151 Å². The number of methoxy groups -OCH3 is 1. The van der Waals surface area contributed by atoms with Crippen LogP contribution in [-0.2, 0) is 8.57 Å². The van der Waals surface area contributed by atoms with Crippen molar-refractivity contribution in [3.8, 4) is 0 Å². The number of benzene rings is 1. The second-order valence-corrected chi connectivity index (χ2v) is 9.45. The van der Waals surface area contributed by atoms with Gasteiger partial charge in [-0.2, -0.15) is 0 Å². The average Bonchev–Trinajstić information content (AvgIpc) is 2.62. The van der Waals surface area contributed by atoms with Crippen LogP contribution in [-0.4, -0.2) is 26.9 Å². The molecule has 24 heavy (non-hydrogen) atoms. The van der Waals surface area contributed by atoms with E-state index in [1.807, 2.05) is 6.07 Å². The predicted octanol–water partition coefficient (Wildman–Crippen LogP) is 5.02. The molecule has 1 aromatic carbocycles. The van der Waals surface area contributed by atoms with Crippen LogP contribution in [0.3, 0.4) is 0 Å². The first-order valence-electron chi connectivity index (χ1n) is 9.26. The molecular formula is C20H32O3Se. The summed E-state index contributed by atoms with van der Waals surface area (Å²) in [7, 11) is 1.36. The summed E-state index contributed by atoms with van der Waals surface area (Å²) >= 11 is -2.15. The second-order valence-electron chi connectivity index (χ2n) is 6.22. The zero-order valence-corrected chi connectivity index (χ0v) is 16.9. The summed E-state index contributed by atoms with van der Waals surface area (Å²) in [5.74, 6) is -0.390. The van der Waals surface area contributed by atoms with Crippen LogP contribution in [0.2, 0.25) is 5.32 Å². The monoisotopic (exact) mass is 400 g/mol. The van der Waals surface area contributed by atoms with Crippen molar-refractivity contribution < 1.29 is 13.4 Å². The van der Waals surface area contributed by atoms with E-state index in [9.17, 15) is 8.63 Å². The van der Waals surface area contributed by atoms with E-state index in [1.165, 1.54) is 58.5 Å². The van der Waals surface area contributed by atoms with Crippen molar-refractivity contribution in [1.82, 2.24) is 0 Å². The maximum absolute atomic E-state index is 12.5. The molecule has 0 spiro atoms. The molecule has 0 saturated heterocycles. The Balaban J connectivity index is 2.20. The van der Waals surface area contributed by atoms with Gasteiger partial charge >= 0.3 is 151 Å². The minimum atomic E-state index is -2.15. The van der Waals surface area contributed by atoms with Crippen LogP contribution >= 0.6 is 0 Å². The SMILES string of the molecule is CCCCCCCCCCCC[Se](=O)c1ccccc1C(=O)OC. The second kappa shape index (κ2) is 13.3. The van der Waals surface area contributed by atoms with Crippen molar-refractivity contribution in [2.75, 3.05) is 7.11 Å². The van der Waals surface area contributed by atoms with Gasteiger partial charge in [-0.3, -0.25) is 0 Å². The molecule has 0 N–H and O–H groups in total. The molecular weight excluding hydrogens is 367 g/mol. The van der Waals surface area contributed by atoms with E-state index in [1.54, 1.807) is 18.2 Å². The summed E-state index contributed by atoms with van der Waals surface area (Å²) in [4.78, 5) is 11.7. The topological polar surface area (TPSA) is 43.4 Å². The van der Waals surface area contributed by atoms with Crippen LogP contribution < -0.4 is 4.46 Å². The Morgan fingerprint density at radius 3 is 2.04 bits per heavy atom.